The number of benzene rings is 1. The van der Waals surface area contributed by atoms with Crippen molar-refractivity contribution in [1.82, 2.24) is 21.3 Å². The molecule has 0 aromatic heterocycles. The summed E-state index contributed by atoms with van der Waals surface area (Å²) in [5.41, 5.74) is -0.184. The number of ether oxygens (including phenoxy) is 2. The van der Waals surface area contributed by atoms with Gasteiger partial charge in [0.1, 0.15) is 17.9 Å². The molecule has 0 bridgehead atoms. The van der Waals surface area contributed by atoms with Crippen molar-refractivity contribution < 1.29 is 19.1 Å². The Morgan fingerprint density at radius 3 is 2.16 bits per heavy atom. The van der Waals surface area contributed by atoms with E-state index in [0.29, 0.717) is 25.6 Å². The Balaban J connectivity index is 0.00000961. The average molecular weight is 563 g/mol. The molecular formula is C22H38IN5O4. The van der Waals surface area contributed by atoms with Gasteiger partial charge in [0.25, 0.3) is 0 Å². The maximum absolute atomic E-state index is 12.2. The fourth-order valence-corrected chi connectivity index (χ4v) is 2.42. The largest absolute Gasteiger partial charge is 0.497 e. The summed E-state index contributed by atoms with van der Waals surface area (Å²) < 4.78 is 10.4. The van der Waals surface area contributed by atoms with Gasteiger partial charge in [-0.1, -0.05) is 12.1 Å². The van der Waals surface area contributed by atoms with Gasteiger partial charge in [-0.2, -0.15) is 0 Å². The minimum Gasteiger partial charge on any atom is -0.497 e. The van der Waals surface area contributed by atoms with Crippen LogP contribution in [0.15, 0.2) is 29.3 Å². The topological polar surface area (TPSA) is 113 Å². The number of amides is 2. The molecule has 182 valence electrons. The van der Waals surface area contributed by atoms with Crippen LogP contribution in [0.3, 0.4) is 0 Å². The number of hydrogen-bond donors (Lipinski definition) is 4. The van der Waals surface area contributed by atoms with Gasteiger partial charge in [-0.25, -0.2) is 9.79 Å². The van der Waals surface area contributed by atoms with Crippen LogP contribution in [0.4, 0.5) is 4.79 Å². The second kappa shape index (κ2) is 14.0. The molecule has 0 saturated carbocycles. The minimum atomic E-state index is -0.588. The van der Waals surface area contributed by atoms with Crippen molar-refractivity contribution >= 4 is 41.9 Å². The van der Waals surface area contributed by atoms with Crippen molar-refractivity contribution in [3.8, 4) is 5.75 Å². The maximum Gasteiger partial charge on any atom is 0.408 e. The summed E-state index contributed by atoms with van der Waals surface area (Å²) in [5.74, 6) is 1.06. The fraction of sp³-hybridized carbons (Fsp3) is 0.591. The number of halogens is 1. The third-order valence-electron chi connectivity index (χ3n) is 3.91. The SMILES string of the molecule is CCNC(=NCC(=O)NCc1ccc(OC)cc1)NCC(C)(C)NC(=O)OC(C)(C)C.I. The lowest BCUT2D eigenvalue weighted by molar-refractivity contribution is -0.119. The zero-order valence-corrected chi connectivity index (χ0v) is 22.5. The van der Waals surface area contributed by atoms with E-state index in [-0.39, 0.29) is 36.4 Å². The zero-order chi connectivity index (χ0) is 23.5. The van der Waals surface area contributed by atoms with Crippen LogP contribution in [0.25, 0.3) is 0 Å². The number of methoxy groups -OCH3 is 1. The Morgan fingerprint density at radius 1 is 1.00 bits per heavy atom. The van der Waals surface area contributed by atoms with Crippen LogP contribution in [-0.2, 0) is 16.1 Å². The molecular weight excluding hydrogens is 525 g/mol. The number of hydrogen-bond acceptors (Lipinski definition) is 5. The lowest BCUT2D eigenvalue weighted by Crippen LogP contribution is -2.54. The molecule has 0 aliphatic carbocycles. The van der Waals surface area contributed by atoms with Gasteiger partial charge in [-0.15, -0.1) is 24.0 Å². The van der Waals surface area contributed by atoms with Gasteiger partial charge < -0.3 is 30.7 Å². The summed E-state index contributed by atoms with van der Waals surface area (Å²) in [7, 11) is 1.61. The molecule has 10 heteroatoms. The average Bonchev–Trinajstić information content (AvgIpc) is 2.67. The highest BCUT2D eigenvalue weighted by atomic mass is 127. The molecule has 1 aromatic rings. The van der Waals surface area contributed by atoms with E-state index in [2.05, 4.69) is 26.3 Å². The number of aliphatic imine (C=N–C) groups is 1. The van der Waals surface area contributed by atoms with E-state index in [9.17, 15) is 9.59 Å². The summed E-state index contributed by atoms with van der Waals surface area (Å²) in [6.45, 7) is 12.5. The Labute approximate surface area is 208 Å². The van der Waals surface area contributed by atoms with Crippen LogP contribution in [0.2, 0.25) is 0 Å². The third-order valence-corrected chi connectivity index (χ3v) is 3.91. The Morgan fingerprint density at radius 2 is 1.62 bits per heavy atom. The molecule has 0 aliphatic rings. The molecule has 1 aromatic carbocycles. The molecule has 9 nitrogen and oxygen atoms in total. The minimum absolute atomic E-state index is 0. The highest BCUT2D eigenvalue weighted by Gasteiger charge is 2.24. The quantitative estimate of drug-likeness (QED) is 0.209. The number of carbonyl (C=O) groups excluding carboxylic acids is 2. The highest BCUT2D eigenvalue weighted by Crippen LogP contribution is 2.11. The zero-order valence-electron chi connectivity index (χ0n) is 20.1. The van der Waals surface area contributed by atoms with Gasteiger partial charge in [-0.3, -0.25) is 4.79 Å². The van der Waals surface area contributed by atoms with Crippen molar-refractivity contribution in [2.24, 2.45) is 4.99 Å². The lowest BCUT2D eigenvalue weighted by atomic mass is 10.1. The van der Waals surface area contributed by atoms with Crippen LogP contribution in [-0.4, -0.2) is 55.8 Å². The van der Waals surface area contributed by atoms with E-state index in [0.717, 1.165) is 11.3 Å². The van der Waals surface area contributed by atoms with Crippen LogP contribution in [0.1, 0.15) is 47.1 Å². The van der Waals surface area contributed by atoms with Crippen molar-refractivity contribution in [2.75, 3.05) is 26.7 Å². The molecule has 0 unspecified atom stereocenters. The highest BCUT2D eigenvalue weighted by molar-refractivity contribution is 14.0. The van der Waals surface area contributed by atoms with Crippen LogP contribution in [0.5, 0.6) is 5.75 Å². The number of nitrogens with one attached hydrogen (secondary N) is 4. The van der Waals surface area contributed by atoms with Gasteiger partial charge in [0.15, 0.2) is 5.96 Å². The molecule has 0 atom stereocenters. The summed E-state index contributed by atoms with van der Waals surface area (Å²) in [5, 5.41) is 11.9. The third kappa shape index (κ3) is 13.2. The summed E-state index contributed by atoms with van der Waals surface area (Å²) in [6, 6.07) is 7.49. The molecule has 0 aliphatic heterocycles. The Kier molecular flexibility index (Phi) is 13.0. The molecule has 0 fully saturated rings. The molecule has 0 saturated heterocycles. The monoisotopic (exact) mass is 563 g/mol. The summed E-state index contributed by atoms with van der Waals surface area (Å²) in [4.78, 5) is 28.5. The lowest BCUT2D eigenvalue weighted by Gasteiger charge is -2.29. The van der Waals surface area contributed by atoms with Crippen LogP contribution < -0.4 is 26.0 Å². The molecule has 4 N–H and O–H groups in total. The van der Waals surface area contributed by atoms with Gasteiger partial charge >= 0.3 is 6.09 Å². The van der Waals surface area contributed by atoms with E-state index in [4.69, 9.17) is 9.47 Å². The molecule has 0 radical (unpaired) electrons. The van der Waals surface area contributed by atoms with Gasteiger partial charge in [-0.05, 0) is 59.2 Å². The number of carbonyl (C=O) groups is 2. The number of guanidine groups is 1. The van der Waals surface area contributed by atoms with E-state index in [1.807, 2.05) is 65.8 Å². The van der Waals surface area contributed by atoms with Gasteiger partial charge in [0.2, 0.25) is 5.91 Å². The van der Waals surface area contributed by atoms with E-state index in [1.54, 1.807) is 7.11 Å². The summed E-state index contributed by atoms with van der Waals surface area (Å²) >= 11 is 0. The van der Waals surface area contributed by atoms with Crippen molar-refractivity contribution in [2.45, 2.75) is 59.2 Å². The van der Waals surface area contributed by atoms with Crippen molar-refractivity contribution in [3.63, 3.8) is 0 Å². The van der Waals surface area contributed by atoms with Gasteiger partial charge in [0, 0.05) is 19.6 Å². The second-order valence-corrected chi connectivity index (χ2v) is 8.68. The number of nitrogens with zero attached hydrogens (tertiary/aromatic N) is 1. The number of rotatable bonds is 9. The van der Waals surface area contributed by atoms with E-state index in [1.165, 1.54) is 0 Å². The van der Waals surface area contributed by atoms with E-state index < -0.39 is 17.2 Å². The first-order valence-electron chi connectivity index (χ1n) is 10.4. The summed E-state index contributed by atoms with van der Waals surface area (Å²) in [6.07, 6.45) is -0.487. The molecule has 1 rings (SSSR count). The van der Waals surface area contributed by atoms with Gasteiger partial charge in [0.05, 0.1) is 12.6 Å². The molecule has 0 spiro atoms. The first-order valence-corrected chi connectivity index (χ1v) is 10.4. The van der Waals surface area contributed by atoms with Crippen LogP contribution in [0, 0.1) is 0 Å². The smallest absolute Gasteiger partial charge is 0.408 e. The van der Waals surface area contributed by atoms with Crippen molar-refractivity contribution in [3.05, 3.63) is 29.8 Å². The Bertz CT molecular complexity index is 746. The fourth-order valence-electron chi connectivity index (χ4n) is 2.42. The molecule has 32 heavy (non-hydrogen) atoms. The molecule has 2 amide bonds. The van der Waals surface area contributed by atoms with E-state index >= 15 is 0 Å². The molecule has 0 heterocycles. The number of alkyl carbamates (subject to hydrolysis) is 1. The van der Waals surface area contributed by atoms with Crippen molar-refractivity contribution in [1.29, 1.82) is 0 Å². The Hall–Kier alpha value is -2.24. The normalized spacial score (nSPS) is 11.7. The predicted molar refractivity (Wildman–Crippen MR) is 138 cm³/mol. The first kappa shape index (κ1) is 29.8. The van der Waals surface area contributed by atoms with Crippen LogP contribution >= 0.6 is 24.0 Å². The first-order chi connectivity index (χ1) is 14.4. The predicted octanol–water partition coefficient (Wildman–Crippen LogP) is 2.79. The maximum atomic E-state index is 12.2. The second-order valence-electron chi connectivity index (χ2n) is 8.68. The standard InChI is InChI=1S/C22H37N5O4.HI/c1-8-23-19(26-15-22(5,6)27-20(29)31-21(2,3)4)25-14-18(28)24-13-16-9-11-17(30-7)12-10-16;/h9-12H,8,13-15H2,1-7H3,(H,24,28)(H,27,29)(H2,23,25,26);1H.